The molecule has 1 heterocycles. The maximum atomic E-state index is 11.4. The quantitative estimate of drug-likeness (QED) is 0.419. The predicted molar refractivity (Wildman–Crippen MR) is 97.2 cm³/mol. The van der Waals surface area contributed by atoms with E-state index in [1.807, 2.05) is 6.92 Å². The Kier molecular flexibility index (Phi) is 4.84. The number of carboxylic acid groups (broad SMARTS) is 1. The minimum absolute atomic E-state index is 0.0773. The molecule has 0 aliphatic rings. The van der Waals surface area contributed by atoms with Gasteiger partial charge < -0.3 is 26.6 Å². The number of carbonyl (C=O) groups is 1. The van der Waals surface area contributed by atoms with E-state index in [1.54, 1.807) is 25.3 Å². The predicted octanol–water partition coefficient (Wildman–Crippen LogP) is 1.28. The van der Waals surface area contributed by atoms with Crippen molar-refractivity contribution in [3.05, 3.63) is 45.6 Å². The highest BCUT2D eigenvalue weighted by atomic mass is 16.4. The third kappa shape index (κ3) is 3.19. The molecule has 2 aromatic rings. The second kappa shape index (κ2) is 6.82. The summed E-state index contributed by atoms with van der Waals surface area (Å²) in [5, 5.41) is 20.7. The number of nitrogens with two attached hydrogens (primary N) is 1. The van der Waals surface area contributed by atoms with Gasteiger partial charge in [0.25, 0.3) is 0 Å². The lowest BCUT2D eigenvalue weighted by Crippen LogP contribution is -2.30. The summed E-state index contributed by atoms with van der Waals surface area (Å²) < 4.78 is 0. The number of H-pyrrole nitrogens is 1. The highest BCUT2D eigenvalue weighted by Crippen LogP contribution is 2.23. The molecule has 0 radical (unpaired) electrons. The zero-order chi connectivity index (χ0) is 17.9. The van der Waals surface area contributed by atoms with E-state index >= 15 is 0 Å². The summed E-state index contributed by atoms with van der Waals surface area (Å²) >= 11 is 0. The highest BCUT2D eigenvalue weighted by Gasteiger charge is 2.12. The minimum atomic E-state index is -1.07. The van der Waals surface area contributed by atoms with Gasteiger partial charge in [-0.3, -0.25) is 0 Å². The van der Waals surface area contributed by atoms with Crippen LogP contribution in [0, 0.1) is 12.3 Å². The van der Waals surface area contributed by atoms with E-state index < -0.39 is 5.97 Å². The Bertz CT molecular complexity index is 941. The molecule has 0 saturated carbocycles. The molecule has 0 unspecified atom stereocenters. The number of anilines is 2. The van der Waals surface area contributed by atoms with Crippen LogP contribution in [0.3, 0.4) is 0 Å². The van der Waals surface area contributed by atoms with Gasteiger partial charge in [-0.05, 0) is 31.5 Å². The molecule has 0 amide bonds. The van der Waals surface area contributed by atoms with Crippen LogP contribution in [0.5, 0.6) is 0 Å². The number of nitrogen functional groups attached to an aromatic ring is 1. The molecule has 1 aromatic carbocycles. The molecule has 0 bridgehead atoms. The lowest BCUT2D eigenvalue weighted by Gasteiger charge is -2.12. The maximum Gasteiger partial charge on any atom is 0.338 e. The van der Waals surface area contributed by atoms with Gasteiger partial charge in [-0.1, -0.05) is 6.58 Å². The standard InChI is InChI=1S/C17H19N5O2/c1-4-20-16(15-10(3)21-8-12(15)17(23)24)22-14-6-11(7-18)13(19)5-9(14)2/h4-8,18,21-22H,3,19H2,1-2H3,(H,23,24)/b16-15-,18-7?,20-4-. The Morgan fingerprint density at radius 1 is 1.50 bits per heavy atom. The van der Waals surface area contributed by atoms with Crippen molar-refractivity contribution in [2.75, 3.05) is 11.1 Å². The molecule has 0 saturated heterocycles. The Morgan fingerprint density at radius 3 is 2.79 bits per heavy atom. The van der Waals surface area contributed by atoms with Crippen LogP contribution in [0.2, 0.25) is 0 Å². The van der Waals surface area contributed by atoms with Crippen LogP contribution in [-0.2, 0) is 0 Å². The normalized spacial score (nSPS) is 12.2. The molecule has 0 aliphatic heterocycles. The molecule has 0 atom stereocenters. The number of hydrogen-bond donors (Lipinski definition) is 5. The summed E-state index contributed by atoms with van der Waals surface area (Å²) in [6, 6.07) is 3.47. The van der Waals surface area contributed by atoms with Gasteiger partial charge in [0.2, 0.25) is 0 Å². The highest BCUT2D eigenvalue weighted by molar-refractivity contribution is 5.91. The molecule has 0 fully saturated rings. The minimum Gasteiger partial charge on any atom is -0.478 e. The van der Waals surface area contributed by atoms with Gasteiger partial charge in [-0.2, -0.15) is 0 Å². The fourth-order valence-corrected chi connectivity index (χ4v) is 2.33. The summed E-state index contributed by atoms with van der Waals surface area (Å²) in [7, 11) is 0. The lowest BCUT2D eigenvalue weighted by atomic mass is 10.1. The first-order chi connectivity index (χ1) is 11.4. The molecule has 2 rings (SSSR count). The van der Waals surface area contributed by atoms with Gasteiger partial charge in [0, 0.05) is 40.9 Å². The van der Waals surface area contributed by atoms with E-state index in [4.69, 9.17) is 11.1 Å². The van der Waals surface area contributed by atoms with E-state index in [0.717, 1.165) is 11.8 Å². The molecule has 0 spiro atoms. The molecule has 24 heavy (non-hydrogen) atoms. The Labute approximate surface area is 138 Å². The van der Waals surface area contributed by atoms with E-state index in [-0.39, 0.29) is 5.56 Å². The molecular weight excluding hydrogens is 306 g/mol. The summed E-state index contributed by atoms with van der Waals surface area (Å²) in [6.07, 6.45) is 4.10. The van der Waals surface area contributed by atoms with Crippen molar-refractivity contribution in [2.24, 2.45) is 4.99 Å². The Balaban J connectivity index is 2.71. The number of aryl methyl sites for hydroxylation is 1. The number of nitrogens with one attached hydrogen (secondary N) is 3. The summed E-state index contributed by atoms with van der Waals surface area (Å²) in [5.41, 5.74) is 8.53. The van der Waals surface area contributed by atoms with Gasteiger partial charge in [0.05, 0.1) is 10.8 Å². The first-order valence-electron chi connectivity index (χ1n) is 7.19. The summed E-state index contributed by atoms with van der Waals surface area (Å²) in [6.45, 7) is 7.42. The number of aromatic nitrogens is 1. The number of rotatable bonds is 5. The first kappa shape index (κ1) is 17.0. The number of carboxylic acids is 1. The van der Waals surface area contributed by atoms with Crippen LogP contribution < -0.4 is 21.6 Å². The van der Waals surface area contributed by atoms with Crippen LogP contribution in [0.4, 0.5) is 11.4 Å². The van der Waals surface area contributed by atoms with Gasteiger partial charge in [-0.25, -0.2) is 9.79 Å². The number of benzene rings is 1. The van der Waals surface area contributed by atoms with Crippen LogP contribution >= 0.6 is 0 Å². The third-order valence-electron chi connectivity index (χ3n) is 3.53. The number of nitrogens with zero attached hydrogens (tertiary/aromatic N) is 1. The topological polar surface area (TPSA) is 127 Å². The summed E-state index contributed by atoms with van der Waals surface area (Å²) in [4.78, 5) is 18.5. The SMILES string of the molecule is C=c1[nH]cc(C(=O)O)/c1=C(/N=C\C)Nc1cc(C=N)c(N)cc1C. The van der Waals surface area contributed by atoms with Crippen LogP contribution in [0.1, 0.15) is 28.4 Å². The van der Waals surface area contributed by atoms with Crippen LogP contribution in [0.25, 0.3) is 12.4 Å². The molecule has 0 aliphatic carbocycles. The molecular formula is C17H19N5O2. The van der Waals surface area contributed by atoms with Crippen molar-refractivity contribution in [1.82, 2.24) is 4.98 Å². The van der Waals surface area contributed by atoms with E-state index in [0.29, 0.717) is 33.3 Å². The van der Waals surface area contributed by atoms with Crippen molar-refractivity contribution in [3.8, 4) is 0 Å². The smallest absolute Gasteiger partial charge is 0.338 e. The number of aromatic carboxylic acids is 1. The summed E-state index contributed by atoms with van der Waals surface area (Å²) in [5.74, 6) is -0.721. The first-order valence-corrected chi connectivity index (χ1v) is 7.19. The number of aliphatic imine (C=N–C) groups is 1. The molecule has 7 heteroatoms. The average molecular weight is 325 g/mol. The van der Waals surface area contributed by atoms with Crippen molar-refractivity contribution >= 4 is 42.2 Å². The van der Waals surface area contributed by atoms with Gasteiger partial charge in [-0.15, -0.1) is 0 Å². The van der Waals surface area contributed by atoms with Crippen LogP contribution in [-0.4, -0.2) is 28.5 Å². The van der Waals surface area contributed by atoms with Gasteiger partial charge >= 0.3 is 5.97 Å². The molecule has 1 aromatic heterocycles. The van der Waals surface area contributed by atoms with Crippen LogP contribution in [0.15, 0.2) is 23.3 Å². The third-order valence-corrected chi connectivity index (χ3v) is 3.53. The van der Waals surface area contributed by atoms with Gasteiger partial charge in [0.1, 0.15) is 5.82 Å². The Hall–Kier alpha value is -3.35. The lowest BCUT2D eigenvalue weighted by molar-refractivity contribution is 0.0696. The second-order valence-corrected chi connectivity index (χ2v) is 5.16. The van der Waals surface area contributed by atoms with Crippen molar-refractivity contribution in [1.29, 1.82) is 5.41 Å². The number of aromatic amines is 1. The van der Waals surface area contributed by atoms with Crippen molar-refractivity contribution < 1.29 is 9.90 Å². The van der Waals surface area contributed by atoms with E-state index in [1.165, 1.54) is 6.20 Å². The molecule has 7 nitrogen and oxygen atoms in total. The largest absolute Gasteiger partial charge is 0.478 e. The zero-order valence-electron chi connectivity index (χ0n) is 13.5. The fourth-order valence-electron chi connectivity index (χ4n) is 2.33. The number of hydrogen-bond acceptors (Lipinski definition) is 5. The van der Waals surface area contributed by atoms with E-state index in [9.17, 15) is 9.90 Å². The monoisotopic (exact) mass is 325 g/mol. The van der Waals surface area contributed by atoms with E-state index in [2.05, 4.69) is 21.9 Å². The molecule has 6 N–H and O–H groups in total. The van der Waals surface area contributed by atoms with Crippen molar-refractivity contribution in [3.63, 3.8) is 0 Å². The zero-order valence-corrected chi connectivity index (χ0v) is 13.5. The molecule has 124 valence electrons. The second-order valence-electron chi connectivity index (χ2n) is 5.16. The Morgan fingerprint density at radius 2 is 2.21 bits per heavy atom. The maximum absolute atomic E-state index is 11.4. The average Bonchev–Trinajstić information content (AvgIpc) is 2.91. The van der Waals surface area contributed by atoms with Crippen molar-refractivity contribution in [2.45, 2.75) is 13.8 Å². The fraction of sp³-hybridized carbons (Fsp3) is 0.118. The van der Waals surface area contributed by atoms with Gasteiger partial charge in [0.15, 0.2) is 0 Å².